The standard InChI is InChI=1S/C14H22N2O4/c1-9(17)15-8-13(18)16-11-5-3-2-4-10(11)6-7-12(16)14(19)20/h10-12H,2-8H2,1H3,(H,15,17)(H,19,20). The molecule has 2 aliphatic rings. The summed E-state index contributed by atoms with van der Waals surface area (Å²) in [5, 5.41) is 11.8. The zero-order valence-electron chi connectivity index (χ0n) is 11.8. The van der Waals surface area contributed by atoms with E-state index in [4.69, 9.17) is 0 Å². The summed E-state index contributed by atoms with van der Waals surface area (Å²) in [7, 11) is 0. The molecule has 6 heteroatoms. The van der Waals surface area contributed by atoms with Crippen LogP contribution in [0.15, 0.2) is 0 Å². The molecule has 2 amide bonds. The third-order valence-corrected chi connectivity index (χ3v) is 4.43. The number of hydrogen-bond acceptors (Lipinski definition) is 3. The molecule has 0 aromatic heterocycles. The van der Waals surface area contributed by atoms with Gasteiger partial charge in [-0.1, -0.05) is 12.8 Å². The summed E-state index contributed by atoms with van der Waals surface area (Å²) < 4.78 is 0. The fourth-order valence-electron chi connectivity index (χ4n) is 3.53. The first-order valence-electron chi connectivity index (χ1n) is 7.29. The van der Waals surface area contributed by atoms with Crippen LogP contribution in [0.1, 0.15) is 45.4 Å². The van der Waals surface area contributed by atoms with E-state index < -0.39 is 12.0 Å². The molecule has 1 heterocycles. The van der Waals surface area contributed by atoms with Crippen molar-refractivity contribution < 1.29 is 19.5 Å². The van der Waals surface area contributed by atoms with Crippen molar-refractivity contribution in [3.05, 3.63) is 0 Å². The number of fused-ring (bicyclic) bond motifs is 1. The van der Waals surface area contributed by atoms with Crippen molar-refractivity contribution >= 4 is 17.8 Å². The highest BCUT2D eigenvalue weighted by molar-refractivity contribution is 5.88. The maximum atomic E-state index is 12.3. The Morgan fingerprint density at radius 3 is 2.50 bits per heavy atom. The van der Waals surface area contributed by atoms with Gasteiger partial charge in [-0.05, 0) is 31.6 Å². The first kappa shape index (κ1) is 14.8. The number of carbonyl (C=O) groups excluding carboxylic acids is 2. The number of carboxylic acid groups (broad SMARTS) is 1. The van der Waals surface area contributed by atoms with E-state index in [1.165, 1.54) is 11.8 Å². The maximum Gasteiger partial charge on any atom is 0.326 e. The number of hydrogen-bond donors (Lipinski definition) is 2. The van der Waals surface area contributed by atoms with Gasteiger partial charge in [-0.3, -0.25) is 9.59 Å². The van der Waals surface area contributed by atoms with E-state index in [9.17, 15) is 19.5 Å². The number of aliphatic carboxylic acids is 1. The van der Waals surface area contributed by atoms with Crippen LogP contribution in [0.25, 0.3) is 0 Å². The normalized spacial score (nSPS) is 29.4. The molecule has 1 saturated carbocycles. The molecule has 0 radical (unpaired) electrons. The second kappa shape index (κ2) is 6.24. The van der Waals surface area contributed by atoms with E-state index in [1.807, 2.05) is 0 Å². The molecular weight excluding hydrogens is 260 g/mol. The Morgan fingerprint density at radius 1 is 1.15 bits per heavy atom. The first-order chi connectivity index (χ1) is 9.50. The van der Waals surface area contributed by atoms with Crippen LogP contribution in [0.3, 0.4) is 0 Å². The number of nitrogens with zero attached hydrogens (tertiary/aromatic N) is 1. The van der Waals surface area contributed by atoms with E-state index in [0.29, 0.717) is 12.3 Å². The molecule has 112 valence electrons. The molecule has 6 nitrogen and oxygen atoms in total. The van der Waals surface area contributed by atoms with Crippen molar-refractivity contribution in [2.75, 3.05) is 6.54 Å². The van der Waals surface area contributed by atoms with Gasteiger partial charge in [0, 0.05) is 13.0 Å². The smallest absolute Gasteiger partial charge is 0.326 e. The molecule has 20 heavy (non-hydrogen) atoms. The summed E-state index contributed by atoms with van der Waals surface area (Å²) in [6.45, 7) is 1.24. The van der Waals surface area contributed by atoms with Gasteiger partial charge in [-0.25, -0.2) is 4.79 Å². The highest BCUT2D eigenvalue weighted by Gasteiger charge is 2.43. The summed E-state index contributed by atoms with van der Waals surface area (Å²) in [5.41, 5.74) is 0. The molecule has 1 saturated heterocycles. The highest BCUT2D eigenvalue weighted by atomic mass is 16.4. The third kappa shape index (κ3) is 3.11. The van der Waals surface area contributed by atoms with Gasteiger partial charge >= 0.3 is 5.97 Å². The third-order valence-electron chi connectivity index (χ3n) is 4.43. The molecule has 0 spiro atoms. The first-order valence-corrected chi connectivity index (χ1v) is 7.29. The van der Waals surface area contributed by atoms with Crippen LogP contribution in [-0.2, 0) is 14.4 Å². The van der Waals surface area contributed by atoms with Crippen molar-refractivity contribution in [3.63, 3.8) is 0 Å². The molecule has 3 atom stereocenters. The van der Waals surface area contributed by atoms with E-state index >= 15 is 0 Å². The molecular formula is C14H22N2O4. The summed E-state index contributed by atoms with van der Waals surface area (Å²) >= 11 is 0. The Bertz CT molecular complexity index is 410. The Hall–Kier alpha value is -1.59. The van der Waals surface area contributed by atoms with Crippen molar-refractivity contribution in [1.29, 1.82) is 0 Å². The zero-order valence-corrected chi connectivity index (χ0v) is 11.8. The quantitative estimate of drug-likeness (QED) is 0.800. The minimum atomic E-state index is -0.940. The van der Waals surface area contributed by atoms with Gasteiger partial charge in [-0.2, -0.15) is 0 Å². The van der Waals surface area contributed by atoms with Gasteiger partial charge in [0.1, 0.15) is 6.04 Å². The predicted octanol–water partition coefficient (Wildman–Crippen LogP) is 0.757. The van der Waals surface area contributed by atoms with E-state index in [-0.39, 0.29) is 24.4 Å². The average Bonchev–Trinajstić information content (AvgIpc) is 2.43. The van der Waals surface area contributed by atoms with Crippen LogP contribution < -0.4 is 5.32 Å². The molecule has 1 aliphatic carbocycles. The summed E-state index contributed by atoms with van der Waals surface area (Å²) in [6, 6.07) is -0.713. The van der Waals surface area contributed by atoms with Gasteiger partial charge in [-0.15, -0.1) is 0 Å². The molecule has 1 aliphatic heterocycles. The Labute approximate surface area is 118 Å². The van der Waals surface area contributed by atoms with Crippen LogP contribution in [0.4, 0.5) is 0 Å². The van der Waals surface area contributed by atoms with Crippen molar-refractivity contribution in [2.24, 2.45) is 5.92 Å². The lowest BCUT2D eigenvalue weighted by Crippen LogP contribution is -2.59. The summed E-state index contributed by atoms with van der Waals surface area (Å²) in [4.78, 5) is 36.2. The number of likely N-dealkylation sites (tertiary alicyclic amines) is 1. The van der Waals surface area contributed by atoms with Gasteiger partial charge in [0.15, 0.2) is 0 Å². The molecule has 0 aromatic carbocycles. The lowest BCUT2D eigenvalue weighted by Gasteiger charge is -2.47. The number of rotatable bonds is 3. The number of piperidine rings is 1. The minimum Gasteiger partial charge on any atom is -0.480 e. The zero-order chi connectivity index (χ0) is 14.7. The number of amides is 2. The molecule has 0 bridgehead atoms. The Balaban J connectivity index is 2.14. The van der Waals surface area contributed by atoms with Gasteiger partial charge < -0.3 is 15.3 Å². The topological polar surface area (TPSA) is 86.7 Å². The maximum absolute atomic E-state index is 12.3. The summed E-state index contributed by atoms with van der Waals surface area (Å²) in [5.74, 6) is -1.07. The van der Waals surface area contributed by atoms with Gasteiger partial charge in [0.05, 0.1) is 6.54 Å². The largest absolute Gasteiger partial charge is 0.480 e. The van der Waals surface area contributed by atoms with Crippen molar-refractivity contribution in [1.82, 2.24) is 10.2 Å². The lowest BCUT2D eigenvalue weighted by atomic mass is 9.76. The number of nitrogens with one attached hydrogen (secondary N) is 1. The van der Waals surface area contributed by atoms with Crippen LogP contribution in [0.2, 0.25) is 0 Å². The SMILES string of the molecule is CC(=O)NCC(=O)N1C(C(=O)O)CCC2CCCCC21. The average molecular weight is 282 g/mol. The molecule has 3 unspecified atom stereocenters. The van der Waals surface area contributed by atoms with Crippen molar-refractivity contribution in [3.8, 4) is 0 Å². The van der Waals surface area contributed by atoms with E-state index in [0.717, 1.165) is 32.1 Å². The Morgan fingerprint density at radius 2 is 1.85 bits per heavy atom. The molecule has 2 fully saturated rings. The van der Waals surface area contributed by atoms with Crippen LogP contribution in [0.5, 0.6) is 0 Å². The van der Waals surface area contributed by atoms with Crippen LogP contribution >= 0.6 is 0 Å². The van der Waals surface area contributed by atoms with E-state index in [2.05, 4.69) is 5.32 Å². The summed E-state index contributed by atoms with van der Waals surface area (Å²) in [6.07, 6.45) is 5.54. The second-order valence-corrected chi connectivity index (χ2v) is 5.75. The lowest BCUT2D eigenvalue weighted by molar-refractivity contribution is -0.157. The van der Waals surface area contributed by atoms with E-state index in [1.54, 1.807) is 0 Å². The molecule has 2 rings (SSSR count). The highest BCUT2D eigenvalue weighted by Crippen LogP contribution is 2.37. The van der Waals surface area contributed by atoms with Crippen molar-refractivity contribution in [2.45, 2.75) is 57.5 Å². The second-order valence-electron chi connectivity index (χ2n) is 5.75. The van der Waals surface area contributed by atoms with Crippen LogP contribution in [-0.4, -0.2) is 46.4 Å². The fourth-order valence-corrected chi connectivity index (χ4v) is 3.53. The number of carboxylic acids is 1. The molecule has 2 N–H and O–H groups in total. The molecule has 0 aromatic rings. The monoisotopic (exact) mass is 282 g/mol. The Kier molecular flexibility index (Phi) is 4.62. The van der Waals surface area contributed by atoms with Gasteiger partial charge in [0.2, 0.25) is 11.8 Å². The van der Waals surface area contributed by atoms with Gasteiger partial charge in [0.25, 0.3) is 0 Å². The minimum absolute atomic E-state index is 0.0276. The fraction of sp³-hybridized carbons (Fsp3) is 0.786. The predicted molar refractivity (Wildman–Crippen MR) is 71.9 cm³/mol. The number of carbonyl (C=O) groups is 3. The van der Waals surface area contributed by atoms with Crippen LogP contribution in [0, 0.1) is 5.92 Å².